The number of hydrogen-bond acceptors (Lipinski definition) is 4. The van der Waals surface area contributed by atoms with E-state index < -0.39 is 0 Å². The van der Waals surface area contributed by atoms with Crippen molar-refractivity contribution in [3.8, 4) is 23.7 Å². The highest BCUT2D eigenvalue weighted by atomic mass is 15.1. The zero-order chi connectivity index (χ0) is 9.64. The molecule has 4 N–H and O–H groups in total. The van der Waals surface area contributed by atoms with Crippen molar-refractivity contribution in [1.29, 1.82) is 0 Å². The van der Waals surface area contributed by atoms with Crippen LogP contribution in [0.5, 0.6) is 0 Å². The summed E-state index contributed by atoms with van der Waals surface area (Å²) in [7, 11) is 0. The largest absolute Gasteiger partial charge is 0.360 e. The van der Waals surface area contributed by atoms with Crippen LogP contribution in [-0.2, 0) is 0 Å². The average molecular weight is 186 g/mol. The predicted octanol–water partition coefficient (Wildman–Crippen LogP) is -1.03. The Kier molecular flexibility index (Phi) is 2.49. The van der Waals surface area contributed by atoms with E-state index in [2.05, 4.69) is 44.9 Å². The first kappa shape index (κ1) is 8.40. The highest BCUT2D eigenvalue weighted by Gasteiger charge is 2.01. The third-order valence-corrected chi connectivity index (χ3v) is 1.71. The van der Waals surface area contributed by atoms with Gasteiger partial charge in [-0.25, -0.2) is 0 Å². The molecule has 2 aliphatic rings. The Morgan fingerprint density at radius 3 is 1.36 bits per heavy atom. The summed E-state index contributed by atoms with van der Waals surface area (Å²) in [5.74, 6) is 11.4. The van der Waals surface area contributed by atoms with Crippen molar-refractivity contribution in [3.63, 3.8) is 0 Å². The van der Waals surface area contributed by atoms with Crippen LogP contribution in [-0.4, -0.2) is 12.3 Å². The summed E-state index contributed by atoms with van der Waals surface area (Å²) < 4.78 is 0. The summed E-state index contributed by atoms with van der Waals surface area (Å²) in [6.45, 7) is 0. The molecule has 0 atom stereocenters. The van der Waals surface area contributed by atoms with Crippen molar-refractivity contribution in [1.82, 2.24) is 21.3 Å². The monoisotopic (exact) mass is 186 g/mol. The first-order chi connectivity index (χ1) is 6.95. The minimum Gasteiger partial charge on any atom is -0.360 e. The zero-order valence-electron chi connectivity index (χ0n) is 7.46. The van der Waals surface area contributed by atoms with E-state index in [-0.39, 0.29) is 12.3 Å². The van der Waals surface area contributed by atoms with Crippen LogP contribution in [0.25, 0.3) is 0 Å². The molecule has 4 nitrogen and oxygen atoms in total. The molecule has 0 aromatic rings. The van der Waals surface area contributed by atoms with Gasteiger partial charge < -0.3 is 21.3 Å². The van der Waals surface area contributed by atoms with Gasteiger partial charge in [-0.15, -0.1) is 0 Å². The molecule has 70 valence electrons. The Bertz CT molecular complexity index is 320. The van der Waals surface area contributed by atoms with Gasteiger partial charge in [0.1, 0.15) is 0 Å². The molecule has 0 saturated heterocycles. The summed E-state index contributed by atoms with van der Waals surface area (Å²) in [5, 5.41) is 12.0. The smallest absolute Gasteiger partial charge is 0.161 e. The standard InChI is InChI=1S/C10H10N4/c1(3-9-11-5-6-12-9)2-4-10-13-7-8-14-10/h5-14H. The molecule has 0 aromatic carbocycles. The molecule has 14 heavy (non-hydrogen) atoms. The summed E-state index contributed by atoms with van der Waals surface area (Å²) in [6.07, 6.45) is 7.25. The topological polar surface area (TPSA) is 48.1 Å². The van der Waals surface area contributed by atoms with E-state index in [9.17, 15) is 0 Å². The van der Waals surface area contributed by atoms with Crippen molar-refractivity contribution < 1.29 is 0 Å². The van der Waals surface area contributed by atoms with Gasteiger partial charge in [-0.05, 0) is 23.7 Å². The second-order valence-electron chi connectivity index (χ2n) is 2.74. The van der Waals surface area contributed by atoms with E-state index in [0.717, 1.165) is 0 Å². The van der Waals surface area contributed by atoms with Crippen LogP contribution < -0.4 is 21.3 Å². The van der Waals surface area contributed by atoms with Crippen LogP contribution in [0.2, 0.25) is 0 Å². The van der Waals surface area contributed by atoms with Gasteiger partial charge in [0, 0.05) is 24.8 Å². The maximum atomic E-state index is 3.01. The van der Waals surface area contributed by atoms with Crippen LogP contribution in [0, 0.1) is 23.7 Å². The van der Waals surface area contributed by atoms with Gasteiger partial charge in [0.05, 0.1) is 0 Å². The molecule has 0 saturated carbocycles. The second kappa shape index (κ2) is 4.15. The molecule has 4 heteroatoms. The van der Waals surface area contributed by atoms with Crippen molar-refractivity contribution in [3.05, 3.63) is 24.8 Å². The molecule has 2 rings (SSSR count). The Labute approximate surface area is 82.8 Å². The SMILES string of the molecule is C(C#CC1NC=CN1)#CC1NC=CN1. The first-order valence-electron chi connectivity index (χ1n) is 4.30. The lowest BCUT2D eigenvalue weighted by molar-refractivity contribution is 0.708. The van der Waals surface area contributed by atoms with E-state index in [0.29, 0.717) is 0 Å². The fourth-order valence-corrected chi connectivity index (χ4v) is 1.06. The van der Waals surface area contributed by atoms with Crippen molar-refractivity contribution in [2.45, 2.75) is 12.3 Å². The molecule has 2 heterocycles. The highest BCUT2D eigenvalue weighted by molar-refractivity contribution is 5.31. The van der Waals surface area contributed by atoms with Gasteiger partial charge in [-0.2, -0.15) is 0 Å². The fraction of sp³-hybridized carbons (Fsp3) is 0.200. The summed E-state index contributed by atoms with van der Waals surface area (Å²) >= 11 is 0. The van der Waals surface area contributed by atoms with E-state index in [4.69, 9.17) is 0 Å². The van der Waals surface area contributed by atoms with E-state index in [1.807, 2.05) is 24.8 Å². The summed E-state index contributed by atoms with van der Waals surface area (Å²) in [4.78, 5) is 0. The van der Waals surface area contributed by atoms with Gasteiger partial charge in [-0.1, -0.05) is 0 Å². The molecule has 2 aliphatic heterocycles. The third-order valence-electron chi connectivity index (χ3n) is 1.71. The summed E-state index contributed by atoms with van der Waals surface area (Å²) in [6, 6.07) is 0. The predicted molar refractivity (Wildman–Crippen MR) is 54.0 cm³/mol. The Morgan fingerprint density at radius 1 is 0.643 bits per heavy atom. The minimum atomic E-state index is -0.00748. The molecule has 0 aliphatic carbocycles. The number of rotatable bonds is 0. The first-order valence-corrected chi connectivity index (χ1v) is 4.30. The molecule has 0 unspecified atom stereocenters. The second-order valence-corrected chi connectivity index (χ2v) is 2.74. The summed E-state index contributed by atoms with van der Waals surface area (Å²) in [5.41, 5.74) is 0. The van der Waals surface area contributed by atoms with Gasteiger partial charge >= 0.3 is 0 Å². The number of hydrogen-bond donors (Lipinski definition) is 4. The molecule has 0 spiro atoms. The van der Waals surface area contributed by atoms with Crippen LogP contribution in [0.1, 0.15) is 0 Å². The van der Waals surface area contributed by atoms with Crippen molar-refractivity contribution >= 4 is 0 Å². The van der Waals surface area contributed by atoms with Gasteiger partial charge in [0.2, 0.25) is 0 Å². The van der Waals surface area contributed by atoms with Crippen LogP contribution in [0.15, 0.2) is 24.8 Å². The lowest BCUT2D eigenvalue weighted by atomic mass is 10.4. The van der Waals surface area contributed by atoms with E-state index in [1.165, 1.54) is 0 Å². The molecular formula is C10H10N4. The fourth-order valence-electron chi connectivity index (χ4n) is 1.06. The van der Waals surface area contributed by atoms with Crippen LogP contribution in [0.3, 0.4) is 0 Å². The Morgan fingerprint density at radius 2 is 1.00 bits per heavy atom. The van der Waals surface area contributed by atoms with Crippen LogP contribution in [0.4, 0.5) is 0 Å². The quantitative estimate of drug-likeness (QED) is 0.366. The lowest BCUT2D eigenvalue weighted by Gasteiger charge is -2.01. The van der Waals surface area contributed by atoms with E-state index >= 15 is 0 Å². The van der Waals surface area contributed by atoms with Gasteiger partial charge in [-0.3, -0.25) is 0 Å². The maximum Gasteiger partial charge on any atom is 0.161 e. The lowest BCUT2D eigenvalue weighted by Crippen LogP contribution is -2.29. The zero-order valence-corrected chi connectivity index (χ0v) is 7.46. The molecule has 0 amide bonds. The Hall–Kier alpha value is -2.20. The molecule has 0 fully saturated rings. The molecular weight excluding hydrogens is 176 g/mol. The number of nitrogens with one attached hydrogen (secondary N) is 4. The molecule has 0 aromatic heterocycles. The normalized spacial score (nSPS) is 18.0. The van der Waals surface area contributed by atoms with Crippen LogP contribution >= 0.6 is 0 Å². The van der Waals surface area contributed by atoms with Gasteiger partial charge in [0.25, 0.3) is 0 Å². The Balaban J connectivity index is 1.79. The van der Waals surface area contributed by atoms with Crippen molar-refractivity contribution in [2.75, 3.05) is 0 Å². The average Bonchev–Trinajstić information content (AvgIpc) is 2.86. The van der Waals surface area contributed by atoms with E-state index in [1.54, 1.807) is 0 Å². The van der Waals surface area contributed by atoms with Crippen molar-refractivity contribution in [2.24, 2.45) is 0 Å². The molecule has 0 radical (unpaired) electrons. The molecule has 0 bridgehead atoms. The van der Waals surface area contributed by atoms with Gasteiger partial charge in [0.15, 0.2) is 12.3 Å². The maximum absolute atomic E-state index is 3.01. The highest BCUT2D eigenvalue weighted by Crippen LogP contribution is 1.84. The third kappa shape index (κ3) is 2.15. The minimum absolute atomic E-state index is 0.00748.